The molecule has 0 radical (unpaired) electrons. The molecule has 1 aromatic heterocycles. The lowest BCUT2D eigenvalue weighted by atomic mass is 10.1. The van der Waals surface area contributed by atoms with E-state index in [1.165, 1.54) is 5.56 Å². The SMILES string of the molecule is Cc1ccc(-c2ccc(NCCO)nn2)cc1. The van der Waals surface area contributed by atoms with E-state index >= 15 is 0 Å². The van der Waals surface area contributed by atoms with Crippen LogP contribution in [-0.2, 0) is 0 Å². The molecule has 0 fully saturated rings. The van der Waals surface area contributed by atoms with Crippen molar-refractivity contribution in [2.75, 3.05) is 18.5 Å². The minimum absolute atomic E-state index is 0.0847. The molecule has 2 aromatic rings. The van der Waals surface area contributed by atoms with Gasteiger partial charge >= 0.3 is 0 Å². The van der Waals surface area contributed by atoms with E-state index in [1.807, 2.05) is 24.3 Å². The number of aromatic nitrogens is 2. The first-order chi connectivity index (χ1) is 8.29. The topological polar surface area (TPSA) is 58.0 Å². The number of benzene rings is 1. The first kappa shape index (κ1) is 11.5. The molecule has 0 aliphatic carbocycles. The van der Waals surface area contributed by atoms with Crippen molar-refractivity contribution in [2.24, 2.45) is 0 Å². The van der Waals surface area contributed by atoms with Gasteiger partial charge in [-0.15, -0.1) is 10.2 Å². The van der Waals surface area contributed by atoms with Crippen LogP contribution >= 0.6 is 0 Å². The quantitative estimate of drug-likeness (QED) is 0.840. The zero-order valence-electron chi connectivity index (χ0n) is 9.72. The van der Waals surface area contributed by atoms with E-state index in [1.54, 1.807) is 0 Å². The molecule has 0 aliphatic heterocycles. The van der Waals surface area contributed by atoms with Gasteiger partial charge in [-0.2, -0.15) is 0 Å². The number of hydrogen-bond acceptors (Lipinski definition) is 4. The molecule has 1 heterocycles. The lowest BCUT2D eigenvalue weighted by Crippen LogP contribution is -2.07. The molecule has 0 atom stereocenters. The van der Waals surface area contributed by atoms with Crippen LogP contribution in [0.2, 0.25) is 0 Å². The maximum absolute atomic E-state index is 8.68. The van der Waals surface area contributed by atoms with Crippen LogP contribution in [0.15, 0.2) is 36.4 Å². The molecule has 4 heteroatoms. The maximum atomic E-state index is 8.68. The van der Waals surface area contributed by atoms with Gasteiger partial charge < -0.3 is 10.4 Å². The van der Waals surface area contributed by atoms with Crippen LogP contribution in [0, 0.1) is 6.92 Å². The highest BCUT2D eigenvalue weighted by atomic mass is 16.3. The summed E-state index contributed by atoms with van der Waals surface area (Å²) < 4.78 is 0. The Morgan fingerprint density at radius 2 is 1.82 bits per heavy atom. The average Bonchev–Trinajstić information content (AvgIpc) is 2.38. The highest BCUT2D eigenvalue weighted by molar-refractivity contribution is 5.59. The molecule has 0 amide bonds. The standard InChI is InChI=1S/C13H15N3O/c1-10-2-4-11(5-3-10)12-6-7-13(16-15-12)14-8-9-17/h2-7,17H,8-9H2,1H3,(H,14,16). The molecule has 0 saturated heterocycles. The van der Waals surface area contributed by atoms with Crippen LogP contribution in [0.3, 0.4) is 0 Å². The molecule has 17 heavy (non-hydrogen) atoms. The molecule has 2 N–H and O–H groups in total. The molecule has 88 valence electrons. The molecule has 0 saturated carbocycles. The van der Waals surface area contributed by atoms with Gasteiger partial charge in [-0.1, -0.05) is 29.8 Å². The third kappa shape index (κ3) is 3.01. The number of aryl methyl sites for hydroxylation is 1. The van der Waals surface area contributed by atoms with E-state index < -0.39 is 0 Å². The second-order valence-electron chi connectivity index (χ2n) is 3.82. The lowest BCUT2D eigenvalue weighted by Gasteiger charge is -2.04. The minimum Gasteiger partial charge on any atom is -0.395 e. The Bertz CT molecular complexity index is 465. The van der Waals surface area contributed by atoms with Gasteiger partial charge in [-0.3, -0.25) is 0 Å². The van der Waals surface area contributed by atoms with Crippen LogP contribution in [0.4, 0.5) is 5.82 Å². The second-order valence-corrected chi connectivity index (χ2v) is 3.82. The molecule has 1 aromatic carbocycles. The fraction of sp³-hybridized carbons (Fsp3) is 0.231. The largest absolute Gasteiger partial charge is 0.395 e. The van der Waals surface area contributed by atoms with Crippen molar-refractivity contribution in [1.29, 1.82) is 0 Å². The summed E-state index contributed by atoms with van der Waals surface area (Å²) in [4.78, 5) is 0. The van der Waals surface area contributed by atoms with E-state index in [2.05, 4.69) is 34.6 Å². The van der Waals surface area contributed by atoms with Crippen molar-refractivity contribution in [3.63, 3.8) is 0 Å². The Kier molecular flexibility index (Phi) is 3.67. The van der Waals surface area contributed by atoms with Crippen LogP contribution in [0.25, 0.3) is 11.3 Å². The molecule has 0 spiro atoms. The van der Waals surface area contributed by atoms with Crippen molar-refractivity contribution >= 4 is 5.82 Å². The summed E-state index contributed by atoms with van der Waals surface area (Å²) in [5, 5.41) is 19.8. The van der Waals surface area contributed by atoms with E-state index in [0.717, 1.165) is 11.3 Å². The van der Waals surface area contributed by atoms with Crippen LogP contribution in [0.5, 0.6) is 0 Å². The third-order valence-electron chi connectivity index (χ3n) is 2.43. The number of aliphatic hydroxyl groups is 1. The Morgan fingerprint density at radius 1 is 1.06 bits per heavy atom. The number of nitrogens with one attached hydrogen (secondary N) is 1. The van der Waals surface area contributed by atoms with E-state index in [9.17, 15) is 0 Å². The number of rotatable bonds is 4. The highest BCUT2D eigenvalue weighted by Gasteiger charge is 2.00. The van der Waals surface area contributed by atoms with Crippen molar-refractivity contribution in [1.82, 2.24) is 10.2 Å². The monoisotopic (exact) mass is 229 g/mol. The Balaban J connectivity index is 2.14. The van der Waals surface area contributed by atoms with Gasteiger partial charge in [0.15, 0.2) is 0 Å². The first-order valence-electron chi connectivity index (χ1n) is 5.55. The van der Waals surface area contributed by atoms with Crippen molar-refractivity contribution < 1.29 is 5.11 Å². The Hall–Kier alpha value is -1.94. The zero-order valence-corrected chi connectivity index (χ0v) is 9.72. The summed E-state index contributed by atoms with van der Waals surface area (Å²) >= 11 is 0. The second kappa shape index (κ2) is 5.41. The number of anilines is 1. The minimum atomic E-state index is 0.0847. The lowest BCUT2D eigenvalue weighted by molar-refractivity contribution is 0.311. The Labute approximate surface area is 100 Å². The molecule has 0 aliphatic rings. The van der Waals surface area contributed by atoms with E-state index in [-0.39, 0.29) is 6.61 Å². The number of hydrogen-bond donors (Lipinski definition) is 2. The van der Waals surface area contributed by atoms with Gasteiger partial charge in [-0.25, -0.2) is 0 Å². The number of nitrogens with zero attached hydrogens (tertiary/aromatic N) is 2. The van der Waals surface area contributed by atoms with Crippen LogP contribution in [0.1, 0.15) is 5.56 Å². The van der Waals surface area contributed by atoms with Gasteiger partial charge in [-0.05, 0) is 19.1 Å². The summed E-state index contributed by atoms with van der Waals surface area (Å²) in [5.74, 6) is 0.676. The predicted molar refractivity (Wildman–Crippen MR) is 67.8 cm³/mol. The zero-order chi connectivity index (χ0) is 12.1. The van der Waals surface area contributed by atoms with Gasteiger partial charge in [0.25, 0.3) is 0 Å². The van der Waals surface area contributed by atoms with Gasteiger partial charge in [0.1, 0.15) is 5.82 Å². The fourth-order valence-corrected chi connectivity index (χ4v) is 1.49. The summed E-state index contributed by atoms with van der Waals surface area (Å²) in [5.41, 5.74) is 3.12. The third-order valence-corrected chi connectivity index (χ3v) is 2.43. The molecular formula is C13H15N3O. The van der Waals surface area contributed by atoms with Gasteiger partial charge in [0.2, 0.25) is 0 Å². The van der Waals surface area contributed by atoms with E-state index in [4.69, 9.17) is 5.11 Å². The smallest absolute Gasteiger partial charge is 0.148 e. The summed E-state index contributed by atoms with van der Waals surface area (Å²) in [6.07, 6.45) is 0. The maximum Gasteiger partial charge on any atom is 0.148 e. The molecule has 4 nitrogen and oxygen atoms in total. The predicted octanol–water partition coefficient (Wildman–Crippen LogP) is 1.86. The average molecular weight is 229 g/mol. The number of aliphatic hydroxyl groups excluding tert-OH is 1. The van der Waals surface area contributed by atoms with Gasteiger partial charge in [0, 0.05) is 12.1 Å². The molecule has 2 rings (SSSR count). The normalized spacial score (nSPS) is 10.2. The van der Waals surface area contributed by atoms with Crippen LogP contribution in [-0.4, -0.2) is 28.5 Å². The van der Waals surface area contributed by atoms with E-state index in [0.29, 0.717) is 12.4 Å². The summed E-state index contributed by atoms with van der Waals surface area (Å²) in [6.45, 7) is 2.62. The highest BCUT2D eigenvalue weighted by Crippen LogP contribution is 2.17. The fourth-order valence-electron chi connectivity index (χ4n) is 1.49. The van der Waals surface area contributed by atoms with Gasteiger partial charge in [0.05, 0.1) is 12.3 Å². The molecule has 0 bridgehead atoms. The van der Waals surface area contributed by atoms with Crippen LogP contribution < -0.4 is 5.32 Å². The summed E-state index contributed by atoms with van der Waals surface area (Å²) in [7, 11) is 0. The van der Waals surface area contributed by atoms with Crippen molar-refractivity contribution in [3.8, 4) is 11.3 Å². The molecular weight excluding hydrogens is 214 g/mol. The Morgan fingerprint density at radius 3 is 2.41 bits per heavy atom. The molecule has 0 unspecified atom stereocenters. The summed E-state index contributed by atoms with van der Waals surface area (Å²) in [6, 6.07) is 11.9. The first-order valence-corrected chi connectivity index (χ1v) is 5.55. The van der Waals surface area contributed by atoms with Crippen molar-refractivity contribution in [3.05, 3.63) is 42.0 Å². The van der Waals surface area contributed by atoms with Crippen molar-refractivity contribution in [2.45, 2.75) is 6.92 Å².